The molecule has 0 aromatic heterocycles. The Labute approximate surface area is 118 Å². The number of ether oxygens (including phenoxy) is 1. The molecule has 110 valence electrons. The molecule has 1 fully saturated rings. The van der Waals surface area contributed by atoms with Gasteiger partial charge < -0.3 is 9.84 Å². The maximum Gasteiger partial charge on any atom is 0.410 e. The molecule has 0 radical (unpaired) electrons. The third kappa shape index (κ3) is 3.03. The zero-order valence-corrected chi connectivity index (χ0v) is 12.0. The molecule has 0 bridgehead atoms. The average molecular weight is 281 g/mol. The molecule has 20 heavy (non-hydrogen) atoms. The van der Waals surface area contributed by atoms with Crippen molar-refractivity contribution < 1.29 is 19.0 Å². The fourth-order valence-corrected chi connectivity index (χ4v) is 2.38. The number of amides is 1. The lowest BCUT2D eigenvalue weighted by atomic mass is 10.0. The molecule has 1 N–H and O–H groups in total. The molecule has 4 nitrogen and oxygen atoms in total. The molecular weight excluding hydrogens is 261 g/mol. The Morgan fingerprint density at radius 3 is 2.65 bits per heavy atom. The van der Waals surface area contributed by atoms with E-state index in [1.54, 1.807) is 39.0 Å². The van der Waals surface area contributed by atoms with Crippen LogP contribution in [-0.2, 0) is 4.74 Å². The van der Waals surface area contributed by atoms with Crippen molar-refractivity contribution in [2.24, 2.45) is 0 Å². The average Bonchev–Trinajstić information content (AvgIpc) is 2.70. The maximum absolute atomic E-state index is 14.1. The smallest absolute Gasteiger partial charge is 0.410 e. The summed E-state index contributed by atoms with van der Waals surface area (Å²) < 4.78 is 19.4. The van der Waals surface area contributed by atoms with Gasteiger partial charge in [-0.2, -0.15) is 0 Å². The first-order valence-corrected chi connectivity index (χ1v) is 6.71. The minimum absolute atomic E-state index is 0.00407. The van der Waals surface area contributed by atoms with E-state index in [1.807, 2.05) is 0 Å². The molecule has 0 saturated carbocycles. The number of carbonyl (C=O) groups excluding carboxylic acids is 1. The Morgan fingerprint density at radius 1 is 1.40 bits per heavy atom. The fraction of sp³-hybridized carbons (Fsp3) is 0.533. The van der Waals surface area contributed by atoms with E-state index in [0.717, 1.165) is 0 Å². The van der Waals surface area contributed by atoms with Gasteiger partial charge in [0.1, 0.15) is 17.5 Å². The Morgan fingerprint density at radius 2 is 2.05 bits per heavy atom. The Bertz CT molecular complexity index is 498. The van der Waals surface area contributed by atoms with E-state index in [2.05, 4.69) is 0 Å². The molecule has 1 aromatic rings. The maximum atomic E-state index is 14.1. The molecule has 2 atom stereocenters. The van der Waals surface area contributed by atoms with Gasteiger partial charge in [-0.3, -0.25) is 4.90 Å². The lowest BCUT2D eigenvalue weighted by Crippen LogP contribution is -2.37. The van der Waals surface area contributed by atoms with Gasteiger partial charge in [0.25, 0.3) is 0 Å². The zero-order valence-electron chi connectivity index (χ0n) is 12.0. The van der Waals surface area contributed by atoms with Crippen molar-refractivity contribution in [3.63, 3.8) is 0 Å². The van der Waals surface area contributed by atoms with Crippen molar-refractivity contribution in [1.82, 2.24) is 4.90 Å². The molecule has 1 heterocycles. The highest BCUT2D eigenvalue weighted by Crippen LogP contribution is 2.39. The molecule has 1 aliphatic rings. The van der Waals surface area contributed by atoms with Gasteiger partial charge in [0, 0.05) is 12.1 Å². The monoisotopic (exact) mass is 281 g/mol. The van der Waals surface area contributed by atoms with Crippen LogP contribution in [0.4, 0.5) is 9.18 Å². The number of carbonyl (C=O) groups is 1. The third-order valence-corrected chi connectivity index (χ3v) is 3.21. The lowest BCUT2D eigenvalue weighted by Gasteiger charge is -2.29. The van der Waals surface area contributed by atoms with Gasteiger partial charge in [0.15, 0.2) is 0 Å². The van der Waals surface area contributed by atoms with Crippen LogP contribution < -0.4 is 0 Å². The van der Waals surface area contributed by atoms with E-state index in [-0.39, 0.29) is 18.7 Å². The highest BCUT2D eigenvalue weighted by molar-refractivity contribution is 5.69. The van der Waals surface area contributed by atoms with Crippen LogP contribution in [0.25, 0.3) is 0 Å². The second-order valence-electron chi connectivity index (χ2n) is 5.98. The Balaban J connectivity index is 2.26. The second kappa shape index (κ2) is 5.31. The summed E-state index contributed by atoms with van der Waals surface area (Å²) in [7, 11) is 0. The molecule has 1 aromatic carbocycles. The number of para-hydroxylation sites is 1. The number of benzene rings is 1. The highest BCUT2D eigenvalue weighted by atomic mass is 19.1. The fourth-order valence-electron chi connectivity index (χ4n) is 2.38. The molecule has 0 aliphatic carbocycles. The van der Waals surface area contributed by atoms with Crippen LogP contribution in [0.2, 0.25) is 0 Å². The van der Waals surface area contributed by atoms with E-state index in [4.69, 9.17) is 4.74 Å². The van der Waals surface area contributed by atoms with Gasteiger partial charge in [-0.1, -0.05) is 18.2 Å². The van der Waals surface area contributed by atoms with Gasteiger partial charge in [0.05, 0.1) is 6.04 Å². The van der Waals surface area contributed by atoms with Gasteiger partial charge in [-0.05, 0) is 33.3 Å². The summed E-state index contributed by atoms with van der Waals surface area (Å²) in [5.41, 5.74) is -0.210. The first kappa shape index (κ1) is 14.6. The van der Waals surface area contributed by atoms with Crippen molar-refractivity contribution in [3.05, 3.63) is 29.8 Å². The van der Waals surface area contributed by atoms with Crippen LogP contribution in [0, 0.1) is 0 Å². The number of hydrogen-bond donors (Lipinski definition) is 1. The number of likely N-dealkylation sites (tertiary alicyclic amines) is 1. The van der Waals surface area contributed by atoms with Gasteiger partial charge >= 0.3 is 6.09 Å². The molecule has 2 unspecified atom stereocenters. The Kier molecular flexibility index (Phi) is 3.88. The summed E-state index contributed by atoms with van der Waals surface area (Å²) in [6.45, 7) is 5.59. The highest BCUT2D eigenvalue weighted by Gasteiger charge is 2.41. The van der Waals surface area contributed by atoms with Crippen LogP contribution in [0.1, 0.15) is 38.8 Å². The topological polar surface area (TPSA) is 49.8 Å². The molecule has 0 spiro atoms. The minimum Gasteiger partial charge on any atom is -0.508 e. The van der Waals surface area contributed by atoms with Gasteiger partial charge in [-0.25, -0.2) is 9.18 Å². The molecule has 1 saturated heterocycles. The van der Waals surface area contributed by atoms with E-state index in [1.165, 1.54) is 11.0 Å². The van der Waals surface area contributed by atoms with Crippen molar-refractivity contribution in [3.8, 4) is 5.75 Å². The molecule has 1 amide bonds. The number of aromatic hydroxyl groups is 1. The lowest BCUT2D eigenvalue weighted by molar-refractivity contribution is 0.0192. The van der Waals surface area contributed by atoms with Crippen molar-refractivity contribution in [1.29, 1.82) is 0 Å². The first-order chi connectivity index (χ1) is 9.29. The van der Waals surface area contributed by atoms with Crippen LogP contribution in [0.15, 0.2) is 24.3 Å². The number of phenols is 1. The van der Waals surface area contributed by atoms with Crippen molar-refractivity contribution >= 4 is 6.09 Å². The van der Waals surface area contributed by atoms with Crippen molar-refractivity contribution in [2.45, 2.75) is 45.0 Å². The largest absolute Gasteiger partial charge is 0.508 e. The van der Waals surface area contributed by atoms with E-state index < -0.39 is 23.9 Å². The summed E-state index contributed by atoms with van der Waals surface area (Å²) >= 11 is 0. The zero-order chi connectivity index (χ0) is 14.9. The molecule has 2 rings (SSSR count). The summed E-state index contributed by atoms with van der Waals surface area (Å²) in [5.74, 6) is -0.00407. The van der Waals surface area contributed by atoms with Crippen LogP contribution in [0.5, 0.6) is 5.75 Å². The number of phenolic OH excluding ortho intramolecular Hbond substituents is 1. The second-order valence-corrected chi connectivity index (χ2v) is 5.98. The molecule has 1 aliphatic heterocycles. The van der Waals surface area contributed by atoms with Crippen molar-refractivity contribution in [2.75, 3.05) is 6.54 Å². The summed E-state index contributed by atoms with van der Waals surface area (Å²) in [6, 6.07) is 5.72. The first-order valence-electron chi connectivity index (χ1n) is 6.71. The summed E-state index contributed by atoms with van der Waals surface area (Å²) in [4.78, 5) is 13.5. The number of alkyl halides is 1. The normalized spacial score (nSPS) is 22.9. The quantitative estimate of drug-likeness (QED) is 0.858. The standard InChI is InChI=1S/C15H20FNO3/c1-15(2,3)20-14(19)17-9-8-11(16)13(17)10-6-4-5-7-12(10)18/h4-7,11,13,18H,8-9H2,1-3H3. The predicted molar refractivity (Wildman–Crippen MR) is 73.3 cm³/mol. The predicted octanol–water partition coefficient (Wildman–Crippen LogP) is 3.41. The summed E-state index contributed by atoms with van der Waals surface area (Å²) in [6.07, 6.45) is -1.50. The molecule has 5 heteroatoms. The van der Waals surface area contributed by atoms with E-state index in [9.17, 15) is 14.3 Å². The summed E-state index contributed by atoms with van der Waals surface area (Å²) in [5, 5.41) is 9.88. The number of halogens is 1. The number of hydrogen-bond acceptors (Lipinski definition) is 3. The van der Waals surface area contributed by atoms with Gasteiger partial charge in [-0.15, -0.1) is 0 Å². The number of rotatable bonds is 1. The van der Waals surface area contributed by atoms with E-state index in [0.29, 0.717) is 5.56 Å². The van der Waals surface area contributed by atoms with Crippen LogP contribution in [-0.4, -0.2) is 34.4 Å². The van der Waals surface area contributed by atoms with Crippen LogP contribution in [0.3, 0.4) is 0 Å². The third-order valence-electron chi connectivity index (χ3n) is 3.21. The minimum atomic E-state index is -1.20. The SMILES string of the molecule is CC(C)(C)OC(=O)N1CCC(F)C1c1ccccc1O. The molecular formula is C15H20FNO3. The number of nitrogens with zero attached hydrogens (tertiary/aromatic N) is 1. The Hall–Kier alpha value is -1.78. The van der Waals surface area contributed by atoms with Crippen LogP contribution >= 0.6 is 0 Å². The van der Waals surface area contributed by atoms with Gasteiger partial charge in [0.2, 0.25) is 0 Å². The van der Waals surface area contributed by atoms with E-state index >= 15 is 0 Å².